The molecule has 5 nitrogen and oxygen atoms in total. The maximum absolute atomic E-state index is 12.6. The van der Waals surface area contributed by atoms with Crippen LogP contribution in [-0.4, -0.2) is 20.5 Å². The van der Waals surface area contributed by atoms with Crippen molar-refractivity contribution in [3.05, 3.63) is 59.9 Å². The van der Waals surface area contributed by atoms with E-state index in [0.29, 0.717) is 27.6 Å². The molecule has 0 aliphatic heterocycles. The molecule has 0 unspecified atom stereocenters. The van der Waals surface area contributed by atoms with Crippen molar-refractivity contribution in [3.63, 3.8) is 0 Å². The Morgan fingerprint density at radius 2 is 1.93 bits per heavy atom. The first-order valence-electron chi connectivity index (χ1n) is 7.78. The zero-order valence-corrected chi connectivity index (χ0v) is 14.9. The smallest absolute Gasteiger partial charge is 0.340 e. The number of nitrogens with one attached hydrogen (secondary N) is 1. The molecule has 0 saturated heterocycles. The van der Waals surface area contributed by atoms with Crippen molar-refractivity contribution in [2.45, 2.75) is 13.1 Å². The van der Waals surface area contributed by atoms with Gasteiger partial charge in [0.25, 0.3) is 0 Å². The van der Waals surface area contributed by atoms with Gasteiger partial charge in [-0.2, -0.15) is 18.3 Å². The van der Waals surface area contributed by atoms with Crippen molar-refractivity contribution >= 4 is 45.2 Å². The molecule has 0 radical (unpaired) electrons. The molecule has 138 valence electrons. The molecule has 0 aliphatic carbocycles. The Hall–Kier alpha value is -3.07. The van der Waals surface area contributed by atoms with Crippen molar-refractivity contribution in [1.82, 2.24) is 9.97 Å². The molecule has 2 aromatic heterocycles. The molecule has 0 bridgehead atoms. The van der Waals surface area contributed by atoms with E-state index in [1.807, 2.05) is 6.07 Å². The minimum atomic E-state index is -4.42. The summed E-state index contributed by atoms with van der Waals surface area (Å²) in [5.74, 6) is 5.69. The largest absolute Gasteiger partial charge is 0.417 e. The Kier molecular flexibility index (Phi) is 5.04. The van der Waals surface area contributed by atoms with Crippen molar-refractivity contribution in [2.75, 3.05) is 5.32 Å². The second-order valence-corrected chi connectivity index (χ2v) is 6.29. The molecule has 0 aliphatic rings. The van der Waals surface area contributed by atoms with Gasteiger partial charge in [0, 0.05) is 28.2 Å². The predicted molar refractivity (Wildman–Crippen MR) is 103 cm³/mol. The summed E-state index contributed by atoms with van der Waals surface area (Å²) in [6.07, 6.45) is -2.05. The Labute approximate surface area is 158 Å². The monoisotopic (exact) mass is 389 g/mol. The fourth-order valence-corrected chi connectivity index (χ4v) is 2.72. The van der Waals surface area contributed by atoms with E-state index in [2.05, 4.69) is 20.4 Å². The van der Waals surface area contributed by atoms with Gasteiger partial charge < -0.3 is 11.2 Å². The van der Waals surface area contributed by atoms with E-state index in [1.165, 1.54) is 6.07 Å². The van der Waals surface area contributed by atoms with Gasteiger partial charge in [0.15, 0.2) is 0 Å². The topological polar surface area (TPSA) is 76.2 Å². The van der Waals surface area contributed by atoms with E-state index in [-0.39, 0.29) is 0 Å². The number of benzene rings is 1. The average molecular weight is 389 g/mol. The number of hydrogen-bond acceptors (Lipinski definition) is 6. The van der Waals surface area contributed by atoms with Gasteiger partial charge in [0.1, 0.15) is 11.5 Å². The van der Waals surface area contributed by atoms with Crippen LogP contribution in [0.15, 0.2) is 53.9 Å². The standard InChI is InChI=1S/C18H14F3N5S/c1-10(27)17(26-22)11-2-4-13-14(6-7-23-15(13)8-11)25-16-5-3-12(9-24-16)18(19,20)21/h2-9H,22H2,1H3,(H,23,24,25). The number of aromatic nitrogens is 2. The number of nitrogens with two attached hydrogens (primary N) is 1. The van der Waals surface area contributed by atoms with Gasteiger partial charge in [0.05, 0.1) is 16.8 Å². The highest BCUT2D eigenvalue weighted by Crippen LogP contribution is 2.30. The number of fused-ring (bicyclic) bond motifs is 1. The fraction of sp³-hybridized carbons (Fsp3) is 0.111. The first kappa shape index (κ1) is 18.7. The van der Waals surface area contributed by atoms with Crippen LogP contribution in [0.5, 0.6) is 0 Å². The molecule has 9 heteroatoms. The molecule has 27 heavy (non-hydrogen) atoms. The first-order chi connectivity index (χ1) is 12.8. The zero-order chi connectivity index (χ0) is 19.6. The van der Waals surface area contributed by atoms with Crippen LogP contribution in [0.1, 0.15) is 18.1 Å². The van der Waals surface area contributed by atoms with Crippen LogP contribution in [0.2, 0.25) is 0 Å². The second-order valence-electron chi connectivity index (χ2n) is 5.68. The van der Waals surface area contributed by atoms with E-state index in [4.69, 9.17) is 18.1 Å². The van der Waals surface area contributed by atoms with Gasteiger partial charge in [-0.3, -0.25) is 4.98 Å². The van der Waals surface area contributed by atoms with Crippen LogP contribution in [0.25, 0.3) is 10.9 Å². The maximum Gasteiger partial charge on any atom is 0.417 e. The van der Waals surface area contributed by atoms with E-state index >= 15 is 0 Å². The number of anilines is 2. The molecular weight excluding hydrogens is 375 g/mol. The summed E-state index contributed by atoms with van der Waals surface area (Å²) in [7, 11) is 0. The lowest BCUT2D eigenvalue weighted by Gasteiger charge is -2.11. The minimum Gasteiger partial charge on any atom is -0.340 e. The Morgan fingerprint density at radius 1 is 1.15 bits per heavy atom. The third-order valence-electron chi connectivity index (χ3n) is 3.83. The van der Waals surface area contributed by atoms with E-state index < -0.39 is 11.7 Å². The molecule has 0 amide bonds. The normalized spacial score (nSPS) is 12.2. The lowest BCUT2D eigenvalue weighted by Crippen LogP contribution is -2.12. The number of nitrogens with zero attached hydrogens (tertiary/aromatic N) is 3. The molecule has 3 aromatic rings. The highest BCUT2D eigenvalue weighted by molar-refractivity contribution is 7.82. The number of rotatable bonds is 4. The molecule has 3 rings (SSSR count). The van der Waals surface area contributed by atoms with Crippen molar-refractivity contribution in [3.8, 4) is 0 Å². The van der Waals surface area contributed by atoms with Crippen LogP contribution in [-0.2, 0) is 6.18 Å². The number of hydrazone groups is 1. The number of thiocarbonyl (C=S) groups is 1. The lowest BCUT2D eigenvalue weighted by molar-refractivity contribution is -0.137. The highest BCUT2D eigenvalue weighted by atomic mass is 32.1. The predicted octanol–water partition coefficient (Wildman–Crippen LogP) is 4.44. The Balaban J connectivity index is 1.95. The van der Waals surface area contributed by atoms with Gasteiger partial charge in [-0.05, 0) is 31.2 Å². The molecule has 0 spiro atoms. The Morgan fingerprint density at radius 3 is 2.52 bits per heavy atom. The molecule has 1 aromatic carbocycles. The highest BCUT2D eigenvalue weighted by Gasteiger charge is 2.30. The molecule has 0 atom stereocenters. The van der Waals surface area contributed by atoms with Crippen LogP contribution in [0.3, 0.4) is 0 Å². The van der Waals surface area contributed by atoms with E-state index in [9.17, 15) is 13.2 Å². The van der Waals surface area contributed by atoms with E-state index in [0.717, 1.165) is 23.2 Å². The maximum atomic E-state index is 12.6. The third kappa shape index (κ3) is 4.03. The van der Waals surface area contributed by atoms with Gasteiger partial charge in [-0.1, -0.05) is 24.4 Å². The number of hydrogen-bond donors (Lipinski definition) is 2. The number of halogens is 3. The number of alkyl halides is 3. The molecule has 2 heterocycles. The third-order valence-corrected chi connectivity index (χ3v) is 4.03. The summed E-state index contributed by atoms with van der Waals surface area (Å²) in [4.78, 5) is 8.70. The summed E-state index contributed by atoms with van der Waals surface area (Å²) in [5, 5.41) is 7.49. The SMILES string of the molecule is CC(=S)C(=NN)c1ccc2c(Nc3ccc(C(F)(F)F)cn3)ccnc2c1. The molecule has 0 saturated carbocycles. The van der Waals surface area contributed by atoms with E-state index in [1.54, 1.807) is 31.3 Å². The molecule has 3 N–H and O–H groups in total. The van der Waals surface area contributed by atoms with Crippen LogP contribution < -0.4 is 11.2 Å². The van der Waals surface area contributed by atoms with Crippen molar-refractivity contribution < 1.29 is 13.2 Å². The van der Waals surface area contributed by atoms with Crippen LogP contribution >= 0.6 is 12.2 Å². The average Bonchev–Trinajstić information content (AvgIpc) is 2.62. The summed E-state index contributed by atoms with van der Waals surface area (Å²) < 4.78 is 37.9. The van der Waals surface area contributed by atoms with Gasteiger partial charge in [0.2, 0.25) is 0 Å². The summed E-state index contributed by atoms with van der Waals surface area (Å²) in [5.41, 5.74) is 1.73. The Bertz CT molecular complexity index is 1030. The summed E-state index contributed by atoms with van der Waals surface area (Å²) in [6, 6.07) is 9.37. The van der Waals surface area contributed by atoms with Crippen LogP contribution in [0, 0.1) is 0 Å². The lowest BCUT2D eigenvalue weighted by atomic mass is 10.0. The summed E-state index contributed by atoms with van der Waals surface area (Å²) >= 11 is 5.14. The van der Waals surface area contributed by atoms with Gasteiger partial charge in [-0.25, -0.2) is 4.98 Å². The first-order valence-corrected chi connectivity index (χ1v) is 8.18. The summed E-state index contributed by atoms with van der Waals surface area (Å²) in [6.45, 7) is 1.73. The second kappa shape index (κ2) is 7.28. The fourth-order valence-electron chi connectivity index (χ4n) is 2.55. The minimum absolute atomic E-state index is 0.290. The van der Waals surface area contributed by atoms with Gasteiger partial charge >= 0.3 is 6.18 Å². The number of pyridine rings is 2. The van der Waals surface area contributed by atoms with Crippen molar-refractivity contribution in [2.24, 2.45) is 10.9 Å². The van der Waals surface area contributed by atoms with Gasteiger partial charge in [-0.15, -0.1) is 0 Å². The zero-order valence-electron chi connectivity index (χ0n) is 14.1. The molecule has 0 fully saturated rings. The molecular formula is C18H14F3N5S. The van der Waals surface area contributed by atoms with Crippen LogP contribution in [0.4, 0.5) is 24.7 Å². The quantitative estimate of drug-likeness (QED) is 0.299. The van der Waals surface area contributed by atoms with Crippen molar-refractivity contribution in [1.29, 1.82) is 0 Å².